The first kappa shape index (κ1) is 17.4. The normalized spacial score (nSPS) is 13.6. The molecule has 0 spiro atoms. The molecule has 1 aliphatic carbocycles. The van der Waals surface area contributed by atoms with Gasteiger partial charge in [0.05, 0.1) is 23.1 Å². The Kier molecular flexibility index (Phi) is 4.23. The molecule has 146 valence electrons. The molecular formula is C21H21N7O. The van der Waals surface area contributed by atoms with Gasteiger partial charge in [0.1, 0.15) is 5.82 Å². The van der Waals surface area contributed by atoms with E-state index in [0.717, 1.165) is 40.9 Å². The molecular weight excluding hydrogens is 366 g/mol. The first-order valence-corrected chi connectivity index (χ1v) is 9.65. The zero-order valence-corrected chi connectivity index (χ0v) is 16.0. The van der Waals surface area contributed by atoms with Crippen LogP contribution in [0.15, 0.2) is 55.1 Å². The van der Waals surface area contributed by atoms with Gasteiger partial charge >= 0.3 is 0 Å². The number of rotatable bonds is 6. The molecule has 5 rings (SSSR count). The van der Waals surface area contributed by atoms with E-state index in [-0.39, 0.29) is 5.91 Å². The fourth-order valence-corrected chi connectivity index (χ4v) is 3.42. The average Bonchev–Trinajstić information content (AvgIpc) is 3.25. The molecule has 4 aromatic rings. The summed E-state index contributed by atoms with van der Waals surface area (Å²) in [6, 6.07) is 9.75. The maximum absolute atomic E-state index is 12.2. The molecule has 1 saturated carbocycles. The first-order chi connectivity index (χ1) is 14.2. The standard InChI is InChI=1S/C21H21N7O/c1-27-13-15(12-23-27)24-21-22-9-7-19(26-21)28-10-8-16-17(3-2-4-18(16)28)25-20(29)11-14-5-6-14/h2-4,7-10,12-14H,5-6,11H2,1H3,(H,25,29)(H,22,24,26). The third kappa shape index (κ3) is 3.69. The summed E-state index contributed by atoms with van der Waals surface area (Å²) in [5.74, 6) is 1.87. The Morgan fingerprint density at radius 3 is 2.93 bits per heavy atom. The summed E-state index contributed by atoms with van der Waals surface area (Å²) >= 11 is 0. The first-order valence-electron chi connectivity index (χ1n) is 9.65. The number of hydrogen-bond acceptors (Lipinski definition) is 5. The van der Waals surface area contributed by atoms with E-state index < -0.39 is 0 Å². The van der Waals surface area contributed by atoms with Gasteiger partial charge in [0, 0.05) is 37.4 Å². The largest absolute Gasteiger partial charge is 0.325 e. The molecule has 0 bridgehead atoms. The number of aromatic nitrogens is 5. The second-order valence-corrected chi connectivity index (χ2v) is 7.39. The van der Waals surface area contributed by atoms with Crippen LogP contribution in [0.4, 0.5) is 17.3 Å². The van der Waals surface area contributed by atoms with Gasteiger partial charge in [0.15, 0.2) is 0 Å². The van der Waals surface area contributed by atoms with Crippen molar-refractivity contribution in [3.05, 3.63) is 55.1 Å². The highest BCUT2D eigenvalue weighted by atomic mass is 16.1. The van der Waals surface area contributed by atoms with Gasteiger partial charge in [0.2, 0.25) is 11.9 Å². The predicted molar refractivity (Wildman–Crippen MR) is 111 cm³/mol. The summed E-state index contributed by atoms with van der Waals surface area (Å²) in [5, 5.41) is 11.3. The quantitative estimate of drug-likeness (QED) is 0.527. The Hall–Kier alpha value is -3.68. The van der Waals surface area contributed by atoms with Crippen LogP contribution in [0.1, 0.15) is 19.3 Å². The second kappa shape index (κ2) is 7.05. The molecule has 0 aliphatic heterocycles. The molecule has 1 amide bonds. The van der Waals surface area contributed by atoms with E-state index in [0.29, 0.717) is 18.3 Å². The van der Waals surface area contributed by atoms with Crippen LogP contribution in [0.2, 0.25) is 0 Å². The Morgan fingerprint density at radius 1 is 1.24 bits per heavy atom. The number of amides is 1. The average molecular weight is 387 g/mol. The van der Waals surface area contributed by atoms with E-state index in [1.165, 1.54) is 0 Å². The summed E-state index contributed by atoms with van der Waals surface area (Å²) in [6.07, 6.45) is 10.2. The van der Waals surface area contributed by atoms with Crippen LogP contribution in [-0.2, 0) is 11.8 Å². The van der Waals surface area contributed by atoms with Crippen molar-refractivity contribution in [1.82, 2.24) is 24.3 Å². The molecule has 2 N–H and O–H groups in total. The third-order valence-electron chi connectivity index (χ3n) is 5.03. The minimum Gasteiger partial charge on any atom is -0.325 e. The van der Waals surface area contributed by atoms with Crippen molar-refractivity contribution in [3.8, 4) is 5.82 Å². The number of carbonyl (C=O) groups excluding carboxylic acids is 1. The second-order valence-electron chi connectivity index (χ2n) is 7.39. The highest BCUT2D eigenvalue weighted by Gasteiger charge is 2.24. The Labute approximate surface area is 167 Å². The van der Waals surface area contributed by atoms with E-state index in [1.54, 1.807) is 17.1 Å². The predicted octanol–water partition coefficient (Wildman–Crippen LogP) is 3.64. The van der Waals surface area contributed by atoms with Crippen LogP contribution in [0, 0.1) is 5.92 Å². The van der Waals surface area contributed by atoms with Crippen molar-refractivity contribution in [2.45, 2.75) is 19.3 Å². The van der Waals surface area contributed by atoms with Gasteiger partial charge in [-0.3, -0.25) is 9.48 Å². The van der Waals surface area contributed by atoms with Gasteiger partial charge in [-0.1, -0.05) is 6.07 Å². The minimum atomic E-state index is 0.0812. The van der Waals surface area contributed by atoms with Crippen molar-refractivity contribution in [3.63, 3.8) is 0 Å². The molecule has 0 radical (unpaired) electrons. The summed E-state index contributed by atoms with van der Waals surface area (Å²) in [6.45, 7) is 0. The molecule has 3 aromatic heterocycles. The third-order valence-corrected chi connectivity index (χ3v) is 5.03. The molecule has 0 saturated heterocycles. The maximum atomic E-state index is 12.2. The van der Waals surface area contributed by atoms with Crippen LogP contribution >= 0.6 is 0 Å². The summed E-state index contributed by atoms with van der Waals surface area (Å²) in [7, 11) is 1.86. The van der Waals surface area contributed by atoms with Crippen LogP contribution in [0.3, 0.4) is 0 Å². The number of nitrogens with one attached hydrogen (secondary N) is 2. The highest BCUT2D eigenvalue weighted by Crippen LogP contribution is 2.33. The van der Waals surface area contributed by atoms with Gasteiger partial charge < -0.3 is 15.2 Å². The fourth-order valence-electron chi connectivity index (χ4n) is 3.42. The smallest absolute Gasteiger partial charge is 0.229 e. The fraction of sp³-hybridized carbons (Fsp3) is 0.238. The lowest BCUT2D eigenvalue weighted by atomic mass is 10.2. The summed E-state index contributed by atoms with van der Waals surface area (Å²) in [5.41, 5.74) is 2.62. The van der Waals surface area contributed by atoms with Crippen LogP contribution in [0.5, 0.6) is 0 Å². The number of hydrogen-bond donors (Lipinski definition) is 2. The van der Waals surface area contributed by atoms with Crippen molar-refractivity contribution in [2.24, 2.45) is 13.0 Å². The van der Waals surface area contributed by atoms with Gasteiger partial charge in [-0.25, -0.2) is 4.98 Å². The molecule has 29 heavy (non-hydrogen) atoms. The van der Waals surface area contributed by atoms with Crippen molar-refractivity contribution < 1.29 is 4.79 Å². The molecule has 1 aliphatic rings. The van der Waals surface area contributed by atoms with Crippen molar-refractivity contribution in [1.29, 1.82) is 0 Å². The van der Waals surface area contributed by atoms with E-state index >= 15 is 0 Å². The van der Waals surface area contributed by atoms with E-state index in [1.807, 2.05) is 54.3 Å². The number of aryl methyl sites for hydroxylation is 1. The topological polar surface area (TPSA) is 89.7 Å². The Balaban J connectivity index is 1.43. The lowest BCUT2D eigenvalue weighted by Gasteiger charge is -2.09. The van der Waals surface area contributed by atoms with E-state index in [9.17, 15) is 4.79 Å². The Bertz CT molecular complexity index is 1190. The number of benzene rings is 1. The van der Waals surface area contributed by atoms with Gasteiger partial charge in [-0.2, -0.15) is 10.1 Å². The lowest BCUT2D eigenvalue weighted by molar-refractivity contribution is -0.116. The van der Waals surface area contributed by atoms with Gasteiger partial charge in [0.25, 0.3) is 0 Å². The molecule has 1 fully saturated rings. The van der Waals surface area contributed by atoms with E-state index in [2.05, 4.69) is 25.7 Å². The highest BCUT2D eigenvalue weighted by molar-refractivity contribution is 6.02. The van der Waals surface area contributed by atoms with Crippen LogP contribution in [-0.4, -0.2) is 30.2 Å². The SMILES string of the molecule is Cn1cc(Nc2nccc(-n3ccc4c(NC(=O)CC5CC5)cccc43)n2)cn1. The molecule has 0 atom stereocenters. The number of fused-ring (bicyclic) bond motifs is 1. The number of anilines is 3. The van der Waals surface area contributed by atoms with E-state index in [4.69, 9.17) is 0 Å². The van der Waals surface area contributed by atoms with Crippen molar-refractivity contribution >= 4 is 34.1 Å². The molecule has 1 aromatic carbocycles. The van der Waals surface area contributed by atoms with Gasteiger partial charge in [-0.15, -0.1) is 0 Å². The van der Waals surface area contributed by atoms with Crippen LogP contribution < -0.4 is 10.6 Å². The monoisotopic (exact) mass is 387 g/mol. The van der Waals surface area contributed by atoms with Crippen LogP contribution in [0.25, 0.3) is 16.7 Å². The Morgan fingerprint density at radius 2 is 2.14 bits per heavy atom. The maximum Gasteiger partial charge on any atom is 0.229 e. The molecule has 0 unspecified atom stereocenters. The lowest BCUT2D eigenvalue weighted by Crippen LogP contribution is -2.12. The van der Waals surface area contributed by atoms with Crippen molar-refractivity contribution in [2.75, 3.05) is 10.6 Å². The summed E-state index contributed by atoms with van der Waals surface area (Å²) < 4.78 is 3.70. The molecule has 8 heteroatoms. The zero-order valence-electron chi connectivity index (χ0n) is 16.0. The minimum absolute atomic E-state index is 0.0812. The zero-order chi connectivity index (χ0) is 19.8. The number of nitrogens with zero attached hydrogens (tertiary/aromatic N) is 5. The van der Waals surface area contributed by atoms with Gasteiger partial charge in [-0.05, 0) is 43.0 Å². The number of carbonyl (C=O) groups is 1. The molecule has 3 heterocycles. The summed E-state index contributed by atoms with van der Waals surface area (Å²) in [4.78, 5) is 21.2. The molecule has 8 nitrogen and oxygen atoms in total.